The Labute approximate surface area is 200 Å². The predicted octanol–water partition coefficient (Wildman–Crippen LogP) is 6.58. The van der Waals surface area contributed by atoms with Gasteiger partial charge < -0.3 is 14.7 Å². The lowest BCUT2D eigenvalue weighted by Crippen LogP contribution is -2.25. The minimum absolute atomic E-state index is 0.161. The van der Waals surface area contributed by atoms with Crippen molar-refractivity contribution in [2.75, 3.05) is 13.2 Å². The fourth-order valence-electron chi connectivity index (χ4n) is 4.87. The van der Waals surface area contributed by atoms with Crippen LogP contribution < -0.4 is 5.32 Å². The number of nitrogens with one attached hydrogen (secondary N) is 1. The molecule has 0 bridgehead atoms. The Hall–Kier alpha value is -1.94. The van der Waals surface area contributed by atoms with Gasteiger partial charge >= 0.3 is 0 Å². The highest BCUT2D eigenvalue weighted by Crippen LogP contribution is 2.47. The summed E-state index contributed by atoms with van der Waals surface area (Å²) in [4.78, 5) is 22.4. The summed E-state index contributed by atoms with van der Waals surface area (Å²) < 4.78 is 7.07. The molecule has 1 atom stereocenters. The van der Waals surface area contributed by atoms with Crippen LogP contribution in [0.4, 0.5) is 0 Å². The summed E-state index contributed by atoms with van der Waals surface area (Å²) in [7, 11) is -1.65. The van der Waals surface area contributed by atoms with E-state index in [1.807, 2.05) is 13.0 Å². The molecule has 180 valence electrons. The van der Waals surface area contributed by atoms with Crippen molar-refractivity contribution in [1.29, 1.82) is 0 Å². The molecule has 0 aromatic heterocycles. The zero-order valence-electron chi connectivity index (χ0n) is 20.0. The zero-order chi connectivity index (χ0) is 23.5. The lowest BCUT2D eigenvalue weighted by molar-refractivity contribution is -0.121. The molecule has 1 unspecified atom stereocenters. The Morgan fingerprint density at radius 2 is 1.85 bits per heavy atom. The van der Waals surface area contributed by atoms with Crippen molar-refractivity contribution in [2.24, 2.45) is 5.92 Å². The molecule has 0 aromatic carbocycles. The van der Waals surface area contributed by atoms with Crippen molar-refractivity contribution in [3.63, 3.8) is 0 Å². The number of rotatable bonds is 14. The molecule has 0 saturated heterocycles. The van der Waals surface area contributed by atoms with Gasteiger partial charge in [-0.2, -0.15) is 0 Å². The molecular formula is C27H39N2O3P. The number of hydrogen-bond donors (Lipinski definition) is 2. The quantitative estimate of drug-likeness (QED) is 0.222. The lowest BCUT2D eigenvalue weighted by Gasteiger charge is -2.20. The molecule has 0 aliphatic heterocycles. The van der Waals surface area contributed by atoms with Gasteiger partial charge in [0.05, 0.1) is 6.61 Å². The zero-order valence-corrected chi connectivity index (χ0v) is 20.9. The highest BCUT2D eigenvalue weighted by Gasteiger charge is 2.32. The maximum Gasteiger partial charge on any atom is 0.290 e. The van der Waals surface area contributed by atoms with Crippen molar-refractivity contribution in [3.05, 3.63) is 71.7 Å². The van der Waals surface area contributed by atoms with Crippen molar-refractivity contribution in [2.45, 2.75) is 71.1 Å². The van der Waals surface area contributed by atoms with Crippen LogP contribution in [-0.4, -0.2) is 28.6 Å². The normalized spacial score (nSPS) is 18.6. The monoisotopic (exact) mass is 470 g/mol. The number of fused-ring (bicyclic) bond motifs is 1. The molecule has 0 aromatic rings. The summed E-state index contributed by atoms with van der Waals surface area (Å²) in [6, 6.07) is 0. The molecule has 2 N–H and O–H groups in total. The average Bonchev–Trinajstić information content (AvgIpc) is 3.16. The molecule has 0 saturated carbocycles. The molecule has 6 heteroatoms. The third-order valence-electron chi connectivity index (χ3n) is 6.48. The second-order valence-electron chi connectivity index (χ2n) is 8.74. The fourth-order valence-corrected chi connectivity index (χ4v) is 5.69. The topological polar surface area (TPSA) is 61.8 Å². The average molecular weight is 471 g/mol. The lowest BCUT2D eigenvalue weighted by atomic mass is 9.87. The largest absolute Gasteiger partial charge is 0.356 e. The third-order valence-corrected chi connectivity index (χ3v) is 7.58. The standard InChI is InChI=1S/C27H39N2O3P/c1-3-20-29(4-2)33(31)32-21-12-6-5-11-19-28-27(30)18-17-26-24-15-9-7-13-22(24)23-14-8-10-16-25(23)26/h3-4,9-10,15-16,20,26,31H,2,5-8,11-14,17-19,21H2,1H3,(H,28,30)/b20-3-. The van der Waals surface area contributed by atoms with Gasteiger partial charge in [0.2, 0.25) is 5.91 Å². The molecular weight excluding hydrogens is 431 g/mol. The maximum absolute atomic E-state index is 12.4. The smallest absolute Gasteiger partial charge is 0.290 e. The van der Waals surface area contributed by atoms with Crippen LogP contribution in [0.15, 0.2) is 71.7 Å². The van der Waals surface area contributed by atoms with Crippen LogP contribution in [-0.2, 0) is 9.32 Å². The molecule has 33 heavy (non-hydrogen) atoms. The van der Waals surface area contributed by atoms with Crippen molar-refractivity contribution in [1.82, 2.24) is 9.99 Å². The first-order valence-electron chi connectivity index (χ1n) is 12.4. The summed E-state index contributed by atoms with van der Waals surface area (Å²) in [5, 5.41) is 3.10. The summed E-state index contributed by atoms with van der Waals surface area (Å²) in [6.07, 6.45) is 24.4. The Bertz CT molecular complexity index is 802. The first-order chi connectivity index (χ1) is 16.2. The second-order valence-corrected chi connectivity index (χ2v) is 9.96. The van der Waals surface area contributed by atoms with Gasteiger partial charge in [0.1, 0.15) is 0 Å². The second kappa shape index (κ2) is 13.7. The predicted molar refractivity (Wildman–Crippen MR) is 137 cm³/mol. The molecule has 0 fully saturated rings. The SMILES string of the molecule is C=CN(/C=C\C)P(O)OCCCCCCNC(=O)CCC1C2=C(CCC=C2)C2=C1C=CCC2. The summed E-state index contributed by atoms with van der Waals surface area (Å²) in [5.74, 6) is 0.559. The van der Waals surface area contributed by atoms with Gasteiger partial charge in [-0.1, -0.05) is 49.8 Å². The first kappa shape index (κ1) is 25.7. The van der Waals surface area contributed by atoms with E-state index in [2.05, 4.69) is 36.2 Å². The highest BCUT2D eigenvalue weighted by molar-refractivity contribution is 7.43. The Kier molecular flexibility index (Phi) is 10.7. The number of hydrogen-bond acceptors (Lipinski definition) is 4. The number of carbonyl (C=O) groups excluding carboxylic acids is 1. The molecule has 3 rings (SSSR count). The maximum atomic E-state index is 12.4. The van der Waals surface area contributed by atoms with E-state index in [-0.39, 0.29) is 5.91 Å². The van der Waals surface area contributed by atoms with Crippen LogP contribution in [0.1, 0.15) is 71.1 Å². The molecule has 0 heterocycles. The van der Waals surface area contributed by atoms with Gasteiger partial charge in [-0.15, -0.1) is 0 Å². The van der Waals surface area contributed by atoms with Crippen molar-refractivity contribution >= 4 is 14.4 Å². The molecule has 3 aliphatic rings. The van der Waals surface area contributed by atoms with Crippen LogP contribution >= 0.6 is 8.53 Å². The number of unbranched alkanes of at least 4 members (excludes halogenated alkanes) is 3. The Morgan fingerprint density at radius 3 is 2.48 bits per heavy atom. The first-order valence-corrected chi connectivity index (χ1v) is 13.5. The number of nitrogens with zero attached hydrogens (tertiary/aromatic N) is 1. The summed E-state index contributed by atoms with van der Waals surface area (Å²) in [5.41, 5.74) is 6.08. The van der Waals surface area contributed by atoms with Crippen LogP contribution in [0.3, 0.4) is 0 Å². The van der Waals surface area contributed by atoms with E-state index in [1.54, 1.807) is 28.2 Å². The highest BCUT2D eigenvalue weighted by atomic mass is 31.2. The van der Waals surface area contributed by atoms with Crippen LogP contribution in [0.2, 0.25) is 0 Å². The number of carbonyl (C=O) groups is 1. The fraction of sp³-hybridized carbons (Fsp3) is 0.519. The van der Waals surface area contributed by atoms with E-state index < -0.39 is 8.53 Å². The molecule has 5 nitrogen and oxygen atoms in total. The van der Waals surface area contributed by atoms with E-state index in [9.17, 15) is 9.69 Å². The van der Waals surface area contributed by atoms with E-state index in [0.29, 0.717) is 18.9 Å². The van der Waals surface area contributed by atoms with Gasteiger partial charge in [0, 0.05) is 31.3 Å². The van der Waals surface area contributed by atoms with Gasteiger partial charge in [0.25, 0.3) is 8.53 Å². The number of allylic oxidation sites excluding steroid dienone is 9. The third kappa shape index (κ3) is 7.27. The Balaban J connectivity index is 1.28. The van der Waals surface area contributed by atoms with Gasteiger partial charge in [-0.05, 0) is 74.2 Å². The van der Waals surface area contributed by atoms with Crippen LogP contribution in [0.25, 0.3) is 0 Å². The van der Waals surface area contributed by atoms with E-state index in [4.69, 9.17) is 4.52 Å². The minimum atomic E-state index is -1.65. The van der Waals surface area contributed by atoms with Crippen molar-refractivity contribution in [3.8, 4) is 0 Å². The van der Waals surface area contributed by atoms with Crippen LogP contribution in [0, 0.1) is 5.92 Å². The molecule has 1 amide bonds. The van der Waals surface area contributed by atoms with Gasteiger partial charge in [0.15, 0.2) is 0 Å². The van der Waals surface area contributed by atoms with E-state index in [0.717, 1.165) is 64.3 Å². The molecule has 0 radical (unpaired) electrons. The van der Waals surface area contributed by atoms with Crippen molar-refractivity contribution < 1.29 is 14.2 Å². The van der Waals surface area contributed by atoms with E-state index >= 15 is 0 Å². The molecule has 3 aliphatic carbocycles. The van der Waals surface area contributed by atoms with E-state index in [1.165, 1.54) is 11.1 Å². The minimum Gasteiger partial charge on any atom is -0.356 e. The van der Waals surface area contributed by atoms with Gasteiger partial charge in [-0.3, -0.25) is 9.46 Å². The Morgan fingerprint density at radius 1 is 1.18 bits per heavy atom. The number of amides is 1. The van der Waals surface area contributed by atoms with Crippen LogP contribution in [0.5, 0.6) is 0 Å². The van der Waals surface area contributed by atoms with Gasteiger partial charge in [-0.25, -0.2) is 0 Å². The molecule has 0 spiro atoms. The summed E-state index contributed by atoms with van der Waals surface area (Å²) in [6.45, 7) is 6.81. The summed E-state index contributed by atoms with van der Waals surface area (Å²) >= 11 is 0.